The van der Waals surface area contributed by atoms with Crippen molar-refractivity contribution in [1.29, 1.82) is 0 Å². The maximum atomic E-state index is 6.62. The summed E-state index contributed by atoms with van der Waals surface area (Å²) in [6, 6.07) is 17.0. The molecule has 2 aromatic rings. The Kier molecular flexibility index (Phi) is 3.75. The third kappa shape index (κ3) is 2.78. The van der Waals surface area contributed by atoms with Gasteiger partial charge < -0.3 is 5.73 Å². The molecule has 0 bridgehead atoms. The Balaban J connectivity index is 2.43. The van der Waals surface area contributed by atoms with Gasteiger partial charge in [-0.3, -0.25) is 0 Å². The molecule has 0 amide bonds. The lowest BCUT2D eigenvalue weighted by Gasteiger charge is -2.29. The Labute approximate surface area is 122 Å². The van der Waals surface area contributed by atoms with E-state index in [9.17, 15) is 0 Å². The largest absolute Gasteiger partial charge is 0.318 e. The predicted octanol–water partition coefficient (Wildman–Crippen LogP) is 4.51. The molecule has 0 aromatic heterocycles. The van der Waals surface area contributed by atoms with Crippen LogP contribution in [0, 0.1) is 6.92 Å². The molecule has 0 aliphatic rings. The topological polar surface area (TPSA) is 26.0 Å². The molecule has 0 heterocycles. The minimum absolute atomic E-state index is 0.173. The van der Waals surface area contributed by atoms with Crippen LogP contribution in [0.5, 0.6) is 0 Å². The lowest BCUT2D eigenvalue weighted by atomic mass is 9.81. The lowest BCUT2D eigenvalue weighted by Crippen LogP contribution is -2.35. The highest BCUT2D eigenvalue weighted by molar-refractivity contribution is 5.42. The molecule has 0 fully saturated rings. The fraction of sp³-hybridized carbons (Fsp3) is 0.368. The van der Waals surface area contributed by atoms with E-state index in [2.05, 4.69) is 83.1 Å². The van der Waals surface area contributed by atoms with Crippen LogP contribution in [0.15, 0.2) is 48.5 Å². The van der Waals surface area contributed by atoms with Gasteiger partial charge in [-0.1, -0.05) is 69.3 Å². The molecular formula is C19H25N. The highest BCUT2D eigenvalue weighted by Crippen LogP contribution is 2.30. The summed E-state index contributed by atoms with van der Waals surface area (Å²) in [6.45, 7) is 10.9. The Morgan fingerprint density at radius 3 is 1.75 bits per heavy atom. The van der Waals surface area contributed by atoms with Crippen LogP contribution in [0.2, 0.25) is 0 Å². The van der Waals surface area contributed by atoms with Crippen LogP contribution in [0.4, 0.5) is 0 Å². The molecule has 2 rings (SSSR count). The van der Waals surface area contributed by atoms with E-state index in [-0.39, 0.29) is 5.41 Å². The van der Waals surface area contributed by atoms with Gasteiger partial charge in [0.15, 0.2) is 0 Å². The predicted molar refractivity (Wildman–Crippen MR) is 87.0 cm³/mol. The van der Waals surface area contributed by atoms with Crippen LogP contribution in [0.1, 0.15) is 49.9 Å². The van der Waals surface area contributed by atoms with E-state index in [4.69, 9.17) is 5.73 Å². The Morgan fingerprint density at radius 2 is 1.25 bits per heavy atom. The van der Waals surface area contributed by atoms with Crippen LogP contribution < -0.4 is 5.73 Å². The smallest absolute Gasteiger partial charge is 0.0639 e. The van der Waals surface area contributed by atoms with Crippen molar-refractivity contribution in [3.63, 3.8) is 0 Å². The average molecular weight is 267 g/mol. The van der Waals surface area contributed by atoms with Crippen molar-refractivity contribution in [2.24, 2.45) is 5.73 Å². The van der Waals surface area contributed by atoms with Crippen molar-refractivity contribution >= 4 is 0 Å². The standard InChI is InChI=1S/C19H25N/c1-14-8-6-7-9-17(14)19(5,20)16-12-10-15(11-13-16)18(2,3)4/h6-13H,20H2,1-5H3. The molecule has 0 aliphatic heterocycles. The third-order valence-electron chi connectivity index (χ3n) is 4.06. The highest BCUT2D eigenvalue weighted by atomic mass is 14.7. The Bertz CT molecular complexity index is 586. The van der Waals surface area contributed by atoms with E-state index in [1.54, 1.807) is 0 Å². The van der Waals surface area contributed by atoms with Crippen LogP contribution >= 0.6 is 0 Å². The van der Waals surface area contributed by atoms with Crippen molar-refractivity contribution in [2.75, 3.05) is 0 Å². The van der Waals surface area contributed by atoms with Gasteiger partial charge in [0, 0.05) is 0 Å². The zero-order chi connectivity index (χ0) is 15.0. The van der Waals surface area contributed by atoms with Crippen LogP contribution in [-0.2, 0) is 11.0 Å². The second-order valence-electron chi connectivity index (χ2n) is 6.84. The lowest BCUT2D eigenvalue weighted by molar-refractivity contribution is 0.581. The molecule has 106 valence electrons. The van der Waals surface area contributed by atoms with E-state index in [0.717, 1.165) is 5.56 Å². The number of aryl methyl sites for hydroxylation is 1. The van der Waals surface area contributed by atoms with Crippen molar-refractivity contribution in [3.8, 4) is 0 Å². The second-order valence-corrected chi connectivity index (χ2v) is 6.84. The molecule has 1 heteroatoms. The van der Waals surface area contributed by atoms with Gasteiger partial charge in [-0.15, -0.1) is 0 Å². The molecule has 0 aliphatic carbocycles. The summed E-state index contributed by atoms with van der Waals surface area (Å²) in [5, 5.41) is 0. The number of hydrogen-bond donors (Lipinski definition) is 1. The number of benzene rings is 2. The second kappa shape index (κ2) is 5.06. The maximum Gasteiger partial charge on any atom is 0.0639 e. The molecule has 1 atom stereocenters. The average Bonchev–Trinajstić information content (AvgIpc) is 2.38. The fourth-order valence-corrected chi connectivity index (χ4v) is 2.63. The first-order valence-corrected chi connectivity index (χ1v) is 7.19. The van der Waals surface area contributed by atoms with E-state index < -0.39 is 5.54 Å². The Hall–Kier alpha value is -1.60. The molecule has 2 N–H and O–H groups in total. The molecule has 0 radical (unpaired) electrons. The minimum atomic E-state index is -0.457. The zero-order valence-corrected chi connectivity index (χ0v) is 13.2. The van der Waals surface area contributed by atoms with Gasteiger partial charge in [0.1, 0.15) is 0 Å². The van der Waals surface area contributed by atoms with Crippen molar-refractivity contribution in [3.05, 3.63) is 70.8 Å². The summed E-state index contributed by atoms with van der Waals surface area (Å²) >= 11 is 0. The van der Waals surface area contributed by atoms with Gasteiger partial charge in [0.25, 0.3) is 0 Å². The van der Waals surface area contributed by atoms with E-state index in [1.807, 2.05) is 0 Å². The van der Waals surface area contributed by atoms with Gasteiger partial charge >= 0.3 is 0 Å². The molecular weight excluding hydrogens is 242 g/mol. The number of nitrogens with two attached hydrogens (primary N) is 1. The van der Waals surface area contributed by atoms with Gasteiger partial charge in [0.05, 0.1) is 5.54 Å². The van der Waals surface area contributed by atoms with Crippen molar-refractivity contribution in [1.82, 2.24) is 0 Å². The first-order valence-electron chi connectivity index (χ1n) is 7.19. The summed E-state index contributed by atoms with van der Waals surface area (Å²) in [4.78, 5) is 0. The van der Waals surface area contributed by atoms with Crippen LogP contribution in [0.25, 0.3) is 0 Å². The molecule has 1 unspecified atom stereocenters. The zero-order valence-electron chi connectivity index (χ0n) is 13.2. The summed E-state index contributed by atoms with van der Waals surface area (Å²) in [5.41, 5.74) is 11.2. The van der Waals surface area contributed by atoms with Gasteiger partial charge in [0.2, 0.25) is 0 Å². The first-order chi connectivity index (χ1) is 9.23. The number of hydrogen-bond acceptors (Lipinski definition) is 1. The van der Waals surface area contributed by atoms with Crippen LogP contribution in [0.3, 0.4) is 0 Å². The van der Waals surface area contributed by atoms with E-state index in [0.29, 0.717) is 0 Å². The number of rotatable bonds is 2. The normalized spacial score (nSPS) is 14.9. The summed E-state index contributed by atoms with van der Waals surface area (Å²) in [5.74, 6) is 0. The quantitative estimate of drug-likeness (QED) is 0.851. The van der Waals surface area contributed by atoms with E-state index >= 15 is 0 Å². The van der Waals surface area contributed by atoms with Crippen molar-refractivity contribution in [2.45, 2.75) is 45.6 Å². The highest BCUT2D eigenvalue weighted by Gasteiger charge is 2.25. The summed E-state index contributed by atoms with van der Waals surface area (Å²) in [6.07, 6.45) is 0. The van der Waals surface area contributed by atoms with E-state index in [1.165, 1.54) is 16.7 Å². The minimum Gasteiger partial charge on any atom is -0.318 e. The van der Waals surface area contributed by atoms with Gasteiger partial charge in [-0.05, 0) is 41.5 Å². The first kappa shape index (κ1) is 14.8. The van der Waals surface area contributed by atoms with Gasteiger partial charge in [-0.2, -0.15) is 0 Å². The summed E-state index contributed by atoms with van der Waals surface area (Å²) < 4.78 is 0. The molecule has 0 saturated heterocycles. The van der Waals surface area contributed by atoms with Crippen molar-refractivity contribution < 1.29 is 0 Å². The SMILES string of the molecule is Cc1ccccc1C(C)(N)c1ccc(C(C)(C)C)cc1. The molecule has 20 heavy (non-hydrogen) atoms. The molecule has 0 saturated carbocycles. The molecule has 0 spiro atoms. The van der Waals surface area contributed by atoms with Crippen LogP contribution in [-0.4, -0.2) is 0 Å². The molecule has 1 nitrogen and oxygen atoms in total. The third-order valence-corrected chi connectivity index (χ3v) is 4.06. The molecule has 2 aromatic carbocycles. The Morgan fingerprint density at radius 1 is 0.750 bits per heavy atom. The summed E-state index contributed by atoms with van der Waals surface area (Å²) in [7, 11) is 0. The maximum absolute atomic E-state index is 6.62. The monoisotopic (exact) mass is 267 g/mol. The van der Waals surface area contributed by atoms with Gasteiger partial charge in [-0.25, -0.2) is 0 Å². The fourth-order valence-electron chi connectivity index (χ4n) is 2.63.